The van der Waals surface area contributed by atoms with E-state index in [1.54, 1.807) is 11.5 Å². The average molecular weight is 452 g/mol. The number of nitrogens with two attached hydrogens (primary N) is 1. The first-order valence-corrected chi connectivity index (χ1v) is 11.0. The van der Waals surface area contributed by atoms with E-state index in [1.165, 1.54) is 23.8 Å². The van der Waals surface area contributed by atoms with Crippen molar-refractivity contribution in [2.45, 2.75) is 31.2 Å². The Morgan fingerprint density at radius 1 is 1.53 bits per heavy atom. The first-order valence-electron chi connectivity index (χ1n) is 9.10. The van der Waals surface area contributed by atoms with E-state index in [-0.39, 0.29) is 22.2 Å². The van der Waals surface area contributed by atoms with Crippen molar-refractivity contribution < 1.29 is 24.3 Å². The van der Waals surface area contributed by atoms with E-state index in [9.17, 15) is 19.5 Å². The predicted molar refractivity (Wildman–Crippen MR) is 114 cm³/mol. The van der Waals surface area contributed by atoms with Crippen LogP contribution in [-0.4, -0.2) is 62.8 Å². The Hall–Kier alpha value is -2.86. The highest BCUT2D eigenvalue weighted by atomic mass is 32.2. The van der Waals surface area contributed by atoms with Crippen molar-refractivity contribution in [3.63, 3.8) is 0 Å². The van der Waals surface area contributed by atoms with Crippen molar-refractivity contribution in [2.24, 2.45) is 5.16 Å². The van der Waals surface area contributed by atoms with Gasteiger partial charge in [0.2, 0.25) is 0 Å². The highest BCUT2D eigenvalue weighted by molar-refractivity contribution is 8.00. The van der Waals surface area contributed by atoms with Crippen molar-refractivity contribution in [1.82, 2.24) is 15.2 Å². The number of fused-ring (bicyclic) bond motifs is 1. The summed E-state index contributed by atoms with van der Waals surface area (Å²) in [6, 6.07) is -0.879. The number of amides is 2. The highest BCUT2D eigenvalue weighted by Gasteiger charge is 2.54. The SMILES string of the molecule is CCC/C=C\C1=C(C(=O)O)N2C(=O)C(NC(=O)/C(=N\OC)c3csc(N)n3)[C@H]2SC1. The fourth-order valence-corrected chi connectivity index (χ4v) is 4.93. The molecule has 0 bridgehead atoms. The molecule has 2 amide bonds. The number of allylic oxidation sites excluding steroid dienone is 2. The zero-order valence-corrected chi connectivity index (χ0v) is 18.0. The van der Waals surface area contributed by atoms with E-state index >= 15 is 0 Å². The van der Waals surface area contributed by atoms with Gasteiger partial charge >= 0.3 is 5.97 Å². The fourth-order valence-electron chi connectivity index (χ4n) is 3.07. The maximum absolute atomic E-state index is 12.7. The minimum Gasteiger partial charge on any atom is -0.477 e. The molecule has 1 aromatic heterocycles. The van der Waals surface area contributed by atoms with Crippen molar-refractivity contribution in [3.05, 3.63) is 34.5 Å². The van der Waals surface area contributed by atoms with Crippen LogP contribution in [0.5, 0.6) is 0 Å². The molecule has 2 aliphatic rings. The summed E-state index contributed by atoms with van der Waals surface area (Å²) in [5.41, 5.74) is 6.26. The summed E-state index contributed by atoms with van der Waals surface area (Å²) in [5, 5.41) is 17.3. The molecule has 1 saturated heterocycles. The highest BCUT2D eigenvalue weighted by Crippen LogP contribution is 2.40. The topological polar surface area (TPSA) is 147 Å². The molecule has 0 saturated carbocycles. The summed E-state index contributed by atoms with van der Waals surface area (Å²) in [6.07, 6.45) is 5.41. The number of rotatable bonds is 8. The number of oxime groups is 1. The summed E-state index contributed by atoms with van der Waals surface area (Å²) >= 11 is 2.53. The molecule has 1 fully saturated rings. The monoisotopic (exact) mass is 451 g/mol. The van der Waals surface area contributed by atoms with Gasteiger partial charge in [-0.25, -0.2) is 9.78 Å². The van der Waals surface area contributed by atoms with Crippen LogP contribution >= 0.6 is 23.1 Å². The number of thiazole rings is 1. The van der Waals surface area contributed by atoms with Crippen molar-refractivity contribution in [3.8, 4) is 0 Å². The van der Waals surface area contributed by atoms with Gasteiger partial charge in [0.25, 0.3) is 11.8 Å². The maximum Gasteiger partial charge on any atom is 0.352 e. The molecule has 0 radical (unpaired) electrons. The van der Waals surface area contributed by atoms with Crippen LogP contribution in [0.4, 0.5) is 5.13 Å². The number of nitrogen functional groups attached to an aromatic ring is 1. The summed E-state index contributed by atoms with van der Waals surface area (Å²) in [7, 11) is 1.29. The fraction of sp³-hybridized carbons (Fsp3) is 0.389. The van der Waals surface area contributed by atoms with Gasteiger partial charge in [-0.1, -0.05) is 30.7 Å². The Morgan fingerprint density at radius 3 is 2.90 bits per heavy atom. The van der Waals surface area contributed by atoms with E-state index in [0.717, 1.165) is 24.2 Å². The molecular formula is C18H21N5O5S2. The molecule has 12 heteroatoms. The summed E-state index contributed by atoms with van der Waals surface area (Å²) in [4.78, 5) is 47.2. The molecule has 160 valence electrons. The lowest BCUT2D eigenvalue weighted by Gasteiger charge is -2.49. The first-order chi connectivity index (χ1) is 14.4. The van der Waals surface area contributed by atoms with Gasteiger partial charge in [0.15, 0.2) is 10.8 Å². The first kappa shape index (κ1) is 21.8. The summed E-state index contributed by atoms with van der Waals surface area (Å²) in [6.45, 7) is 2.02. The van der Waals surface area contributed by atoms with Gasteiger partial charge in [0, 0.05) is 11.1 Å². The minimum atomic E-state index is -1.17. The molecule has 0 aromatic carbocycles. The number of carbonyl (C=O) groups is 3. The Morgan fingerprint density at radius 2 is 2.30 bits per heavy atom. The van der Waals surface area contributed by atoms with Gasteiger partial charge in [-0.3, -0.25) is 14.5 Å². The normalized spacial score (nSPS) is 21.5. The van der Waals surface area contributed by atoms with E-state index in [4.69, 9.17) is 10.6 Å². The number of carboxylic acid groups (broad SMARTS) is 1. The van der Waals surface area contributed by atoms with E-state index in [0.29, 0.717) is 11.3 Å². The third-order valence-corrected chi connectivity index (χ3v) is 6.40. The van der Waals surface area contributed by atoms with Crippen LogP contribution < -0.4 is 11.1 Å². The Labute approximate surface area is 180 Å². The van der Waals surface area contributed by atoms with Crippen molar-refractivity contribution in [1.29, 1.82) is 0 Å². The number of nitrogens with zero attached hydrogens (tertiary/aromatic N) is 3. The number of hydrogen-bond donors (Lipinski definition) is 3. The number of aliphatic carboxylic acids is 1. The van der Waals surface area contributed by atoms with Crippen molar-refractivity contribution >= 4 is 51.7 Å². The van der Waals surface area contributed by atoms with Crippen LogP contribution in [0.3, 0.4) is 0 Å². The molecular weight excluding hydrogens is 430 g/mol. The zero-order valence-electron chi connectivity index (χ0n) is 16.3. The molecule has 10 nitrogen and oxygen atoms in total. The van der Waals surface area contributed by atoms with Crippen LogP contribution in [0.15, 0.2) is 34.0 Å². The minimum absolute atomic E-state index is 0.0420. The third-order valence-electron chi connectivity index (χ3n) is 4.42. The van der Waals surface area contributed by atoms with Crippen LogP contribution in [0.2, 0.25) is 0 Å². The number of nitrogens with one attached hydrogen (secondary N) is 1. The van der Waals surface area contributed by atoms with E-state index < -0.39 is 29.2 Å². The molecule has 3 heterocycles. The van der Waals surface area contributed by atoms with Gasteiger partial charge in [0.05, 0.1) is 0 Å². The lowest BCUT2D eigenvalue weighted by atomic mass is 10.0. The number of aromatic nitrogens is 1. The molecule has 0 spiro atoms. The Balaban J connectivity index is 1.78. The van der Waals surface area contributed by atoms with E-state index in [1.807, 2.05) is 13.0 Å². The second-order valence-electron chi connectivity index (χ2n) is 6.42. The Kier molecular flexibility index (Phi) is 6.77. The number of β-lactam (4-membered cyclic amide) rings is 1. The standard InChI is InChI=1S/C18H21N5O5S2/c1-3-4-5-6-9-7-29-16-12(15(25)23(16)13(9)17(26)27)21-14(24)11(22-28-2)10-8-30-18(19)20-10/h5-6,8,12,16H,3-4,7H2,1-2H3,(H2,19,20)(H,21,24)(H,26,27)/b6-5-,22-11-/t12?,16-/m1/s1. The smallest absolute Gasteiger partial charge is 0.352 e. The van der Waals surface area contributed by atoms with E-state index in [2.05, 4.69) is 15.5 Å². The number of carboxylic acids is 1. The molecule has 2 aliphatic heterocycles. The van der Waals surface area contributed by atoms with Crippen LogP contribution in [0.1, 0.15) is 25.5 Å². The van der Waals surface area contributed by atoms with Gasteiger partial charge in [0.1, 0.15) is 29.9 Å². The molecule has 30 heavy (non-hydrogen) atoms. The zero-order chi connectivity index (χ0) is 21.8. The second-order valence-corrected chi connectivity index (χ2v) is 8.42. The molecule has 0 aliphatic carbocycles. The third kappa shape index (κ3) is 4.19. The summed E-state index contributed by atoms with van der Waals surface area (Å²) < 4.78 is 0. The van der Waals surface area contributed by atoms with Crippen LogP contribution in [0.25, 0.3) is 0 Å². The van der Waals surface area contributed by atoms with Crippen molar-refractivity contribution in [2.75, 3.05) is 18.6 Å². The lowest BCUT2D eigenvalue weighted by molar-refractivity contribution is -0.150. The van der Waals surface area contributed by atoms with Crippen LogP contribution in [0, 0.1) is 0 Å². The van der Waals surface area contributed by atoms with Gasteiger partial charge < -0.3 is 21.0 Å². The summed E-state index contributed by atoms with van der Waals surface area (Å²) in [5.74, 6) is -1.90. The second kappa shape index (κ2) is 9.30. The number of carbonyl (C=O) groups excluding carboxylic acids is 2. The van der Waals surface area contributed by atoms with Gasteiger partial charge in [-0.2, -0.15) is 0 Å². The number of hydrogen-bond acceptors (Lipinski definition) is 9. The molecule has 1 aromatic rings. The average Bonchev–Trinajstić information content (AvgIpc) is 3.15. The molecule has 1 unspecified atom stereocenters. The number of thioether (sulfide) groups is 1. The predicted octanol–water partition coefficient (Wildman–Crippen LogP) is 1.17. The lowest BCUT2D eigenvalue weighted by Crippen LogP contribution is -2.71. The molecule has 4 N–H and O–H groups in total. The van der Waals surface area contributed by atoms with Gasteiger partial charge in [-0.15, -0.1) is 23.1 Å². The Bertz CT molecular complexity index is 955. The van der Waals surface area contributed by atoms with Gasteiger partial charge in [-0.05, 0) is 12.0 Å². The molecule has 3 rings (SSSR count). The quantitative estimate of drug-likeness (QED) is 0.303. The number of anilines is 1. The largest absolute Gasteiger partial charge is 0.477 e. The van der Waals surface area contributed by atoms with Crippen LogP contribution in [-0.2, 0) is 19.2 Å². The maximum atomic E-state index is 12.7. The molecule has 2 atom stereocenters. The number of unbranched alkanes of at least 4 members (excludes halogenated alkanes) is 1.